The second-order valence-corrected chi connectivity index (χ2v) is 4.33. The summed E-state index contributed by atoms with van der Waals surface area (Å²) in [6.07, 6.45) is 2.92. The molecular weight excluding hydrogens is 238 g/mol. The van der Waals surface area contributed by atoms with E-state index in [1.807, 2.05) is 0 Å². The van der Waals surface area contributed by atoms with Gasteiger partial charge in [-0.15, -0.1) is 11.6 Å². The summed E-state index contributed by atoms with van der Waals surface area (Å²) in [5.41, 5.74) is 1.15. The van der Waals surface area contributed by atoms with Crippen molar-refractivity contribution < 1.29 is 9.90 Å². The van der Waals surface area contributed by atoms with Crippen molar-refractivity contribution in [2.45, 2.75) is 26.2 Å². The van der Waals surface area contributed by atoms with Crippen LogP contribution in [0.5, 0.6) is 5.75 Å². The molecule has 0 aliphatic carbocycles. The lowest BCUT2D eigenvalue weighted by molar-refractivity contribution is 0.0952. The summed E-state index contributed by atoms with van der Waals surface area (Å²) in [7, 11) is 0. The van der Waals surface area contributed by atoms with Crippen molar-refractivity contribution >= 4 is 17.5 Å². The maximum Gasteiger partial charge on any atom is 0.251 e. The Kier molecular flexibility index (Phi) is 5.84. The van der Waals surface area contributed by atoms with E-state index in [1.165, 1.54) is 0 Å². The molecular formula is C13H18ClNO2. The second kappa shape index (κ2) is 7.17. The third-order valence-electron chi connectivity index (χ3n) is 2.65. The van der Waals surface area contributed by atoms with Gasteiger partial charge in [0.15, 0.2) is 0 Å². The van der Waals surface area contributed by atoms with Gasteiger partial charge in [0.05, 0.1) is 0 Å². The molecule has 0 aromatic heterocycles. The van der Waals surface area contributed by atoms with Gasteiger partial charge in [-0.1, -0.05) is 12.5 Å². The van der Waals surface area contributed by atoms with Gasteiger partial charge in [0.25, 0.3) is 5.91 Å². The van der Waals surface area contributed by atoms with Gasteiger partial charge in [-0.3, -0.25) is 4.79 Å². The Balaban J connectivity index is 2.44. The van der Waals surface area contributed by atoms with Gasteiger partial charge >= 0.3 is 0 Å². The second-order valence-electron chi connectivity index (χ2n) is 3.96. The molecule has 0 spiro atoms. The Morgan fingerprint density at radius 2 is 2.12 bits per heavy atom. The number of carbonyl (C=O) groups is 1. The molecule has 1 aromatic carbocycles. The lowest BCUT2D eigenvalue weighted by Crippen LogP contribution is -2.25. The Hall–Kier alpha value is -1.22. The van der Waals surface area contributed by atoms with E-state index in [0.29, 0.717) is 23.6 Å². The van der Waals surface area contributed by atoms with E-state index in [9.17, 15) is 9.90 Å². The average molecular weight is 256 g/mol. The van der Waals surface area contributed by atoms with Crippen LogP contribution in [0, 0.1) is 6.92 Å². The van der Waals surface area contributed by atoms with E-state index in [2.05, 4.69) is 5.32 Å². The highest BCUT2D eigenvalue weighted by Crippen LogP contribution is 2.19. The fourth-order valence-corrected chi connectivity index (χ4v) is 1.75. The minimum atomic E-state index is -0.135. The monoisotopic (exact) mass is 255 g/mol. The Morgan fingerprint density at radius 1 is 1.35 bits per heavy atom. The van der Waals surface area contributed by atoms with Crippen LogP contribution in [-0.4, -0.2) is 23.4 Å². The minimum Gasteiger partial charge on any atom is -0.508 e. The molecule has 0 heterocycles. The van der Waals surface area contributed by atoms with Crippen molar-refractivity contribution in [1.29, 1.82) is 0 Å². The summed E-state index contributed by atoms with van der Waals surface area (Å²) < 4.78 is 0. The molecule has 0 bridgehead atoms. The Morgan fingerprint density at radius 3 is 2.82 bits per heavy atom. The van der Waals surface area contributed by atoms with E-state index < -0.39 is 0 Å². The first-order valence-electron chi connectivity index (χ1n) is 5.79. The predicted molar refractivity (Wildman–Crippen MR) is 69.7 cm³/mol. The van der Waals surface area contributed by atoms with Crippen LogP contribution in [-0.2, 0) is 0 Å². The molecule has 0 saturated carbocycles. The van der Waals surface area contributed by atoms with Crippen molar-refractivity contribution in [1.82, 2.24) is 5.32 Å². The highest BCUT2D eigenvalue weighted by Gasteiger charge is 2.10. The lowest BCUT2D eigenvalue weighted by atomic mass is 10.1. The normalized spacial score (nSPS) is 10.2. The third kappa shape index (κ3) is 4.27. The zero-order valence-corrected chi connectivity index (χ0v) is 10.8. The number of hydrogen-bond donors (Lipinski definition) is 2. The van der Waals surface area contributed by atoms with Gasteiger partial charge in [0.1, 0.15) is 5.75 Å². The van der Waals surface area contributed by atoms with Gasteiger partial charge in [0, 0.05) is 23.6 Å². The van der Waals surface area contributed by atoms with Crippen molar-refractivity contribution in [3.63, 3.8) is 0 Å². The van der Waals surface area contributed by atoms with Crippen LogP contribution in [0.15, 0.2) is 18.2 Å². The van der Waals surface area contributed by atoms with Gasteiger partial charge in [-0.25, -0.2) is 0 Å². The summed E-state index contributed by atoms with van der Waals surface area (Å²) in [5, 5.41) is 12.3. The van der Waals surface area contributed by atoms with Crippen LogP contribution >= 0.6 is 11.6 Å². The van der Waals surface area contributed by atoms with Crippen LogP contribution < -0.4 is 5.32 Å². The minimum absolute atomic E-state index is 0.135. The number of alkyl halides is 1. The topological polar surface area (TPSA) is 49.3 Å². The molecule has 4 heteroatoms. The van der Waals surface area contributed by atoms with Crippen LogP contribution in [0.1, 0.15) is 35.2 Å². The number of carbonyl (C=O) groups excluding carboxylic acids is 1. The van der Waals surface area contributed by atoms with Crippen LogP contribution in [0.2, 0.25) is 0 Å². The average Bonchev–Trinajstić information content (AvgIpc) is 2.32. The van der Waals surface area contributed by atoms with Gasteiger partial charge in [-0.2, -0.15) is 0 Å². The zero-order valence-electron chi connectivity index (χ0n) is 10.0. The molecule has 0 atom stereocenters. The van der Waals surface area contributed by atoms with E-state index in [4.69, 9.17) is 11.6 Å². The molecule has 3 nitrogen and oxygen atoms in total. The summed E-state index contributed by atoms with van der Waals surface area (Å²) in [5.74, 6) is 0.684. The van der Waals surface area contributed by atoms with Gasteiger partial charge in [-0.05, 0) is 31.9 Å². The molecule has 0 unspecified atom stereocenters. The zero-order chi connectivity index (χ0) is 12.7. The molecule has 0 radical (unpaired) electrons. The first kappa shape index (κ1) is 13.8. The fraction of sp³-hybridized carbons (Fsp3) is 0.462. The molecule has 0 aliphatic heterocycles. The molecule has 17 heavy (non-hydrogen) atoms. The Bertz CT molecular complexity index is 380. The van der Waals surface area contributed by atoms with Crippen LogP contribution in [0.25, 0.3) is 0 Å². The van der Waals surface area contributed by atoms with Crippen molar-refractivity contribution in [2.75, 3.05) is 12.4 Å². The summed E-state index contributed by atoms with van der Waals surface area (Å²) in [4.78, 5) is 11.8. The summed E-state index contributed by atoms with van der Waals surface area (Å²) >= 11 is 5.56. The Labute approximate surface area is 107 Å². The molecule has 2 N–H and O–H groups in total. The number of aromatic hydroxyl groups is 1. The molecule has 0 fully saturated rings. The van der Waals surface area contributed by atoms with E-state index >= 15 is 0 Å². The SMILES string of the molecule is Cc1c(O)cccc1C(=O)NCCCCCCl. The summed E-state index contributed by atoms with van der Waals surface area (Å²) in [6.45, 7) is 2.38. The van der Waals surface area contributed by atoms with Crippen LogP contribution in [0.3, 0.4) is 0 Å². The van der Waals surface area contributed by atoms with Crippen molar-refractivity contribution in [3.05, 3.63) is 29.3 Å². The molecule has 1 amide bonds. The largest absolute Gasteiger partial charge is 0.508 e. The first-order chi connectivity index (χ1) is 8.16. The van der Waals surface area contributed by atoms with Crippen LogP contribution in [0.4, 0.5) is 0 Å². The molecule has 0 aliphatic rings. The number of unbranched alkanes of at least 4 members (excludes halogenated alkanes) is 2. The summed E-state index contributed by atoms with van der Waals surface area (Å²) in [6, 6.07) is 4.96. The number of rotatable bonds is 6. The maximum atomic E-state index is 11.8. The number of nitrogens with one attached hydrogen (secondary N) is 1. The number of phenols is 1. The fourth-order valence-electron chi connectivity index (χ4n) is 1.56. The molecule has 0 saturated heterocycles. The van der Waals surface area contributed by atoms with Gasteiger partial charge in [0.2, 0.25) is 0 Å². The number of benzene rings is 1. The number of phenolic OH excluding ortho intramolecular Hbond substituents is 1. The highest BCUT2D eigenvalue weighted by molar-refractivity contribution is 6.17. The molecule has 1 rings (SSSR count). The van der Waals surface area contributed by atoms with Gasteiger partial charge < -0.3 is 10.4 Å². The predicted octanol–water partition coefficient (Wildman–Crippen LogP) is 2.84. The van der Waals surface area contributed by atoms with E-state index in [1.54, 1.807) is 25.1 Å². The highest BCUT2D eigenvalue weighted by atomic mass is 35.5. The first-order valence-corrected chi connectivity index (χ1v) is 6.33. The molecule has 1 aromatic rings. The number of amides is 1. The quantitative estimate of drug-likeness (QED) is 0.607. The maximum absolute atomic E-state index is 11.8. The van der Waals surface area contributed by atoms with E-state index in [-0.39, 0.29) is 11.7 Å². The smallest absolute Gasteiger partial charge is 0.251 e. The van der Waals surface area contributed by atoms with Crippen molar-refractivity contribution in [3.8, 4) is 5.75 Å². The third-order valence-corrected chi connectivity index (χ3v) is 2.91. The van der Waals surface area contributed by atoms with Crippen molar-refractivity contribution in [2.24, 2.45) is 0 Å². The lowest BCUT2D eigenvalue weighted by Gasteiger charge is -2.08. The number of hydrogen-bond acceptors (Lipinski definition) is 2. The molecule has 94 valence electrons. The van der Waals surface area contributed by atoms with E-state index in [0.717, 1.165) is 19.3 Å². The number of halogens is 1. The standard InChI is InChI=1S/C13H18ClNO2/c1-10-11(6-5-7-12(10)16)13(17)15-9-4-2-3-8-14/h5-7,16H,2-4,8-9H2,1H3,(H,15,17).